The molecule has 1 aliphatic rings. The standard InChI is InChI=1S/C18H17F2N3O3/c1-9-14-12(20)7-23(17(14)22-8-21-9)18-16(25)15(24)13(26-18)6-10-2-4-11(19)5-3-10/h2-5,7-8,13,15-16,18,24-25H,6H2,1H3. The first-order chi connectivity index (χ1) is 12.5. The number of rotatable bonds is 3. The second-order valence-corrected chi connectivity index (χ2v) is 6.42. The quantitative estimate of drug-likeness (QED) is 0.745. The molecule has 4 unspecified atom stereocenters. The largest absolute Gasteiger partial charge is 0.388 e. The molecule has 6 nitrogen and oxygen atoms in total. The Morgan fingerprint density at radius 2 is 1.85 bits per heavy atom. The predicted octanol–water partition coefficient (Wildman–Crippen LogP) is 1.88. The van der Waals surface area contributed by atoms with Gasteiger partial charge in [-0.1, -0.05) is 12.1 Å². The van der Waals surface area contributed by atoms with E-state index in [1.807, 2.05) is 0 Å². The number of nitrogens with zero attached hydrogens (tertiary/aromatic N) is 3. The maximum Gasteiger partial charge on any atom is 0.164 e. The molecule has 0 radical (unpaired) electrons. The molecule has 1 aliphatic heterocycles. The number of benzene rings is 1. The van der Waals surface area contributed by atoms with E-state index < -0.39 is 30.4 Å². The Morgan fingerprint density at radius 1 is 1.12 bits per heavy atom. The minimum absolute atomic E-state index is 0.250. The Bertz CT molecular complexity index is 945. The normalized spacial score (nSPS) is 25.9. The van der Waals surface area contributed by atoms with Gasteiger partial charge in [-0.25, -0.2) is 18.7 Å². The van der Waals surface area contributed by atoms with Crippen molar-refractivity contribution in [1.82, 2.24) is 14.5 Å². The molecule has 0 saturated carbocycles. The summed E-state index contributed by atoms with van der Waals surface area (Å²) in [6, 6.07) is 5.82. The minimum atomic E-state index is -1.26. The van der Waals surface area contributed by atoms with E-state index in [1.165, 1.54) is 29.2 Å². The molecule has 1 aromatic carbocycles. The van der Waals surface area contributed by atoms with Gasteiger partial charge in [0.05, 0.1) is 17.2 Å². The van der Waals surface area contributed by atoms with Gasteiger partial charge in [-0.3, -0.25) is 0 Å². The number of hydrogen-bond acceptors (Lipinski definition) is 5. The summed E-state index contributed by atoms with van der Waals surface area (Å²) in [6.07, 6.45) is -1.36. The lowest BCUT2D eigenvalue weighted by Gasteiger charge is -2.17. The van der Waals surface area contributed by atoms with Crippen molar-refractivity contribution in [1.29, 1.82) is 0 Å². The van der Waals surface area contributed by atoms with Crippen molar-refractivity contribution in [2.45, 2.75) is 37.9 Å². The van der Waals surface area contributed by atoms with Crippen molar-refractivity contribution < 1.29 is 23.7 Å². The van der Waals surface area contributed by atoms with Gasteiger partial charge in [-0.05, 0) is 24.6 Å². The summed E-state index contributed by atoms with van der Waals surface area (Å²) in [4.78, 5) is 8.06. The zero-order valence-corrected chi connectivity index (χ0v) is 13.9. The van der Waals surface area contributed by atoms with Crippen LogP contribution in [0, 0.1) is 18.6 Å². The van der Waals surface area contributed by atoms with Gasteiger partial charge in [0.15, 0.2) is 12.0 Å². The molecular weight excluding hydrogens is 344 g/mol. The van der Waals surface area contributed by atoms with Crippen LogP contribution in [0.2, 0.25) is 0 Å². The number of ether oxygens (including phenoxy) is 1. The van der Waals surface area contributed by atoms with Gasteiger partial charge < -0.3 is 19.5 Å². The highest BCUT2D eigenvalue weighted by Crippen LogP contribution is 2.34. The molecule has 0 bridgehead atoms. The Kier molecular flexibility index (Phi) is 4.18. The molecule has 0 aliphatic carbocycles. The third-order valence-corrected chi connectivity index (χ3v) is 4.71. The molecule has 4 atom stereocenters. The van der Waals surface area contributed by atoms with E-state index in [9.17, 15) is 19.0 Å². The van der Waals surface area contributed by atoms with Gasteiger partial charge >= 0.3 is 0 Å². The van der Waals surface area contributed by atoms with Gasteiger partial charge in [-0.15, -0.1) is 0 Å². The molecule has 2 aromatic heterocycles. The van der Waals surface area contributed by atoms with E-state index in [0.717, 1.165) is 5.56 Å². The lowest BCUT2D eigenvalue weighted by atomic mass is 10.0. The third-order valence-electron chi connectivity index (χ3n) is 4.71. The molecule has 3 heterocycles. The van der Waals surface area contributed by atoms with Gasteiger partial charge in [-0.2, -0.15) is 0 Å². The smallest absolute Gasteiger partial charge is 0.164 e. The Balaban J connectivity index is 1.64. The fraction of sp³-hybridized carbons (Fsp3) is 0.333. The highest BCUT2D eigenvalue weighted by molar-refractivity contribution is 5.79. The summed E-state index contributed by atoms with van der Waals surface area (Å²) >= 11 is 0. The Morgan fingerprint density at radius 3 is 2.58 bits per heavy atom. The maximum atomic E-state index is 14.3. The van der Waals surface area contributed by atoms with Crippen molar-refractivity contribution in [3.05, 3.63) is 59.7 Å². The Labute approximate surface area is 147 Å². The van der Waals surface area contributed by atoms with Crippen LogP contribution in [-0.2, 0) is 11.2 Å². The van der Waals surface area contributed by atoms with E-state index >= 15 is 0 Å². The second-order valence-electron chi connectivity index (χ2n) is 6.42. The number of aliphatic hydroxyl groups is 2. The summed E-state index contributed by atoms with van der Waals surface area (Å²) in [5.41, 5.74) is 1.51. The number of halogens is 2. The van der Waals surface area contributed by atoms with Crippen molar-refractivity contribution in [3.8, 4) is 0 Å². The van der Waals surface area contributed by atoms with Crippen LogP contribution in [0.25, 0.3) is 11.0 Å². The summed E-state index contributed by atoms with van der Waals surface area (Å²) < 4.78 is 34.5. The van der Waals surface area contributed by atoms with E-state index in [4.69, 9.17) is 4.74 Å². The number of hydrogen-bond donors (Lipinski definition) is 2. The number of fused-ring (bicyclic) bond motifs is 1. The summed E-state index contributed by atoms with van der Waals surface area (Å²) in [6.45, 7) is 1.66. The van der Waals surface area contributed by atoms with E-state index in [-0.39, 0.29) is 23.3 Å². The molecule has 26 heavy (non-hydrogen) atoms. The zero-order chi connectivity index (χ0) is 18.4. The monoisotopic (exact) mass is 361 g/mol. The third kappa shape index (κ3) is 2.76. The molecule has 0 amide bonds. The molecule has 0 spiro atoms. The van der Waals surface area contributed by atoms with Crippen LogP contribution in [0.1, 0.15) is 17.5 Å². The molecule has 2 N–H and O–H groups in total. The molecule has 8 heteroatoms. The first-order valence-electron chi connectivity index (χ1n) is 8.19. The highest BCUT2D eigenvalue weighted by atomic mass is 19.1. The SMILES string of the molecule is Cc1ncnc2c1c(F)cn2C1OC(Cc2ccc(F)cc2)C(O)C1O. The lowest BCUT2D eigenvalue weighted by molar-refractivity contribution is -0.0344. The van der Waals surface area contributed by atoms with Gasteiger partial charge in [0, 0.05) is 12.6 Å². The number of aryl methyl sites for hydroxylation is 1. The molecule has 1 saturated heterocycles. The van der Waals surface area contributed by atoms with E-state index in [0.29, 0.717) is 5.69 Å². The van der Waals surface area contributed by atoms with E-state index in [2.05, 4.69) is 9.97 Å². The van der Waals surface area contributed by atoms with E-state index in [1.54, 1.807) is 19.1 Å². The van der Waals surface area contributed by atoms with Crippen LogP contribution in [0.4, 0.5) is 8.78 Å². The first-order valence-corrected chi connectivity index (χ1v) is 8.19. The molecule has 4 rings (SSSR count). The molecular formula is C18H17F2N3O3. The fourth-order valence-corrected chi connectivity index (χ4v) is 3.36. The van der Waals surface area contributed by atoms with Crippen molar-refractivity contribution >= 4 is 11.0 Å². The minimum Gasteiger partial charge on any atom is -0.388 e. The molecule has 3 aromatic rings. The van der Waals surface area contributed by atoms with Crippen LogP contribution in [0.5, 0.6) is 0 Å². The van der Waals surface area contributed by atoms with Crippen molar-refractivity contribution in [2.24, 2.45) is 0 Å². The summed E-state index contributed by atoms with van der Waals surface area (Å²) in [5, 5.41) is 21.0. The fourth-order valence-electron chi connectivity index (χ4n) is 3.36. The van der Waals surface area contributed by atoms with Crippen LogP contribution >= 0.6 is 0 Å². The molecule has 136 valence electrons. The first kappa shape index (κ1) is 17.0. The highest BCUT2D eigenvalue weighted by Gasteiger charge is 2.44. The molecule has 1 fully saturated rings. The zero-order valence-electron chi connectivity index (χ0n) is 13.9. The predicted molar refractivity (Wildman–Crippen MR) is 88.3 cm³/mol. The summed E-state index contributed by atoms with van der Waals surface area (Å²) in [7, 11) is 0. The summed E-state index contributed by atoms with van der Waals surface area (Å²) in [5.74, 6) is -0.880. The van der Waals surface area contributed by atoms with Crippen LogP contribution in [-0.4, -0.2) is 43.1 Å². The topological polar surface area (TPSA) is 80.4 Å². The van der Waals surface area contributed by atoms with Gasteiger partial charge in [0.1, 0.15) is 30.0 Å². The maximum absolute atomic E-state index is 14.3. The number of aromatic nitrogens is 3. The van der Waals surface area contributed by atoms with Gasteiger partial charge in [0.25, 0.3) is 0 Å². The Hall–Kier alpha value is -2.42. The second kappa shape index (κ2) is 6.39. The van der Waals surface area contributed by atoms with Crippen LogP contribution in [0.3, 0.4) is 0 Å². The van der Waals surface area contributed by atoms with Crippen molar-refractivity contribution in [2.75, 3.05) is 0 Å². The van der Waals surface area contributed by atoms with Crippen LogP contribution in [0.15, 0.2) is 36.8 Å². The average Bonchev–Trinajstić information content (AvgIpc) is 3.09. The van der Waals surface area contributed by atoms with Gasteiger partial charge in [0.2, 0.25) is 0 Å². The van der Waals surface area contributed by atoms with Crippen molar-refractivity contribution in [3.63, 3.8) is 0 Å². The number of aliphatic hydroxyl groups excluding tert-OH is 2. The van der Waals surface area contributed by atoms with Crippen LogP contribution < -0.4 is 0 Å². The lowest BCUT2D eigenvalue weighted by Crippen LogP contribution is -2.32. The average molecular weight is 361 g/mol.